The number of hydrogen-bond donors (Lipinski definition) is 0. The molecule has 46 heavy (non-hydrogen) atoms. The van der Waals surface area contributed by atoms with Crippen molar-refractivity contribution < 1.29 is 0 Å². The largest absolute Gasteiger partial charge is 0.309 e. The van der Waals surface area contributed by atoms with Gasteiger partial charge in [0.15, 0.2) is 11.6 Å². The quantitative estimate of drug-likeness (QED) is 0.205. The molecule has 0 radical (unpaired) electrons. The van der Waals surface area contributed by atoms with Gasteiger partial charge >= 0.3 is 0 Å². The Labute approximate surface area is 264 Å². The Hall–Kier alpha value is -6.58. The van der Waals surface area contributed by atoms with Crippen molar-refractivity contribution in [3.05, 3.63) is 151 Å². The second kappa shape index (κ2) is 10.3. The number of aromatic nitrogens is 5. The molecule has 214 valence electrons. The molecule has 3 aromatic heterocycles. The van der Waals surface area contributed by atoms with E-state index in [1.807, 2.05) is 48.5 Å². The Morgan fingerprint density at radius 1 is 0.435 bits per heavy atom. The first kappa shape index (κ1) is 25.9. The van der Waals surface area contributed by atoms with Gasteiger partial charge < -0.3 is 4.57 Å². The summed E-state index contributed by atoms with van der Waals surface area (Å²) in [5.41, 5.74) is 7.74. The van der Waals surface area contributed by atoms with E-state index in [2.05, 4.69) is 100 Å². The first-order chi connectivity index (χ1) is 22.8. The van der Waals surface area contributed by atoms with Gasteiger partial charge in [0.1, 0.15) is 0 Å². The number of nitrogens with zero attached hydrogens (tertiary/aromatic N) is 6. The third kappa shape index (κ3) is 4.00. The third-order valence-electron chi connectivity index (χ3n) is 8.61. The fraction of sp³-hybridized carbons (Fsp3) is 0. The number of para-hydroxylation sites is 3. The van der Waals surface area contributed by atoms with E-state index in [0.717, 1.165) is 55.0 Å². The molecule has 0 aliphatic carbocycles. The van der Waals surface area contributed by atoms with Crippen LogP contribution >= 0.6 is 0 Å². The fourth-order valence-corrected chi connectivity index (χ4v) is 6.51. The highest BCUT2D eigenvalue weighted by molar-refractivity contribution is 6.18. The van der Waals surface area contributed by atoms with Crippen molar-refractivity contribution in [2.45, 2.75) is 0 Å². The predicted molar refractivity (Wildman–Crippen MR) is 184 cm³/mol. The minimum Gasteiger partial charge on any atom is -0.309 e. The number of nitriles is 1. The summed E-state index contributed by atoms with van der Waals surface area (Å²) in [6, 6.07) is 51.6. The van der Waals surface area contributed by atoms with E-state index in [4.69, 9.17) is 15.0 Å². The third-order valence-corrected chi connectivity index (χ3v) is 8.61. The van der Waals surface area contributed by atoms with Crippen molar-refractivity contribution in [3.63, 3.8) is 0 Å². The second-order valence-electron chi connectivity index (χ2n) is 11.3. The zero-order chi connectivity index (χ0) is 30.6. The summed E-state index contributed by atoms with van der Waals surface area (Å²) in [5.74, 6) is 1.66. The normalized spacial score (nSPS) is 11.5. The molecule has 6 aromatic carbocycles. The van der Waals surface area contributed by atoms with Gasteiger partial charge in [0.2, 0.25) is 5.95 Å². The van der Waals surface area contributed by atoms with Gasteiger partial charge in [0.25, 0.3) is 0 Å². The van der Waals surface area contributed by atoms with Crippen molar-refractivity contribution in [2.75, 3.05) is 0 Å². The minimum atomic E-state index is 0.533. The predicted octanol–water partition coefficient (Wildman–Crippen LogP) is 9.27. The van der Waals surface area contributed by atoms with E-state index in [1.165, 1.54) is 5.39 Å². The zero-order valence-corrected chi connectivity index (χ0v) is 24.5. The molecule has 0 spiro atoms. The SMILES string of the molecule is N#Cc1ccc(-c2nc(-c3ccccc3)nc(-n3c4ccccc4c4cc5c(cc43)c3ccccc3n5-c3ccccc3)n2)cc1. The van der Waals surface area contributed by atoms with E-state index in [1.54, 1.807) is 12.1 Å². The van der Waals surface area contributed by atoms with E-state index >= 15 is 0 Å². The van der Waals surface area contributed by atoms with Crippen LogP contribution in [0.2, 0.25) is 0 Å². The lowest BCUT2D eigenvalue weighted by atomic mass is 10.1. The Bertz CT molecular complexity index is 2630. The molecule has 0 N–H and O–H groups in total. The average molecular weight is 589 g/mol. The Balaban J connectivity index is 1.38. The van der Waals surface area contributed by atoms with Crippen LogP contribution in [-0.2, 0) is 0 Å². The van der Waals surface area contributed by atoms with Crippen LogP contribution in [0.15, 0.2) is 146 Å². The average Bonchev–Trinajstić information content (AvgIpc) is 3.63. The molecule has 0 unspecified atom stereocenters. The lowest BCUT2D eigenvalue weighted by Gasteiger charge is -2.11. The molecule has 0 aliphatic heterocycles. The van der Waals surface area contributed by atoms with Crippen molar-refractivity contribution >= 4 is 43.6 Å². The summed E-state index contributed by atoms with van der Waals surface area (Å²) in [6.07, 6.45) is 0. The summed E-state index contributed by atoms with van der Waals surface area (Å²) >= 11 is 0. The maximum absolute atomic E-state index is 9.37. The molecular formula is C40H24N6. The monoisotopic (exact) mass is 588 g/mol. The summed E-state index contributed by atoms with van der Waals surface area (Å²) in [7, 11) is 0. The molecule has 0 fully saturated rings. The molecule has 0 atom stereocenters. The molecule has 0 saturated heterocycles. The van der Waals surface area contributed by atoms with Gasteiger partial charge in [0, 0.05) is 38.4 Å². The van der Waals surface area contributed by atoms with E-state index in [0.29, 0.717) is 23.2 Å². The molecule has 3 heterocycles. The molecule has 9 rings (SSSR count). The van der Waals surface area contributed by atoms with Crippen LogP contribution in [-0.4, -0.2) is 24.1 Å². The number of benzene rings is 6. The summed E-state index contributed by atoms with van der Waals surface area (Å²) in [4.78, 5) is 15.1. The fourth-order valence-electron chi connectivity index (χ4n) is 6.51. The molecular weight excluding hydrogens is 564 g/mol. The van der Waals surface area contributed by atoms with Gasteiger partial charge in [0.05, 0.1) is 33.7 Å². The number of rotatable bonds is 4. The highest BCUT2D eigenvalue weighted by atomic mass is 15.2. The van der Waals surface area contributed by atoms with Crippen LogP contribution in [0.5, 0.6) is 0 Å². The standard InChI is InChI=1S/C40H24N6/c41-25-26-19-21-28(22-20-26)39-42-38(27-11-3-1-4-12-27)43-40(44-39)46-35-18-10-8-16-31(35)33-23-36-32(24-37(33)46)30-15-7-9-17-34(30)45(36)29-13-5-2-6-14-29/h1-24H. The zero-order valence-electron chi connectivity index (χ0n) is 24.5. The highest BCUT2D eigenvalue weighted by Gasteiger charge is 2.21. The smallest absolute Gasteiger partial charge is 0.238 e. The number of fused-ring (bicyclic) bond motifs is 6. The molecule has 9 aromatic rings. The van der Waals surface area contributed by atoms with Crippen LogP contribution < -0.4 is 0 Å². The highest BCUT2D eigenvalue weighted by Crippen LogP contribution is 2.39. The van der Waals surface area contributed by atoms with E-state index < -0.39 is 0 Å². The van der Waals surface area contributed by atoms with Crippen molar-refractivity contribution in [3.8, 4) is 40.5 Å². The maximum atomic E-state index is 9.37. The van der Waals surface area contributed by atoms with Crippen LogP contribution in [0.4, 0.5) is 0 Å². The number of hydrogen-bond acceptors (Lipinski definition) is 4. The first-order valence-electron chi connectivity index (χ1n) is 15.1. The second-order valence-corrected chi connectivity index (χ2v) is 11.3. The van der Waals surface area contributed by atoms with Crippen LogP contribution in [0.25, 0.3) is 78.0 Å². The van der Waals surface area contributed by atoms with E-state index in [9.17, 15) is 5.26 Å². The molecule has 6 heteroatoms. The van der Waals surface area contributed by atoms with Gasteiger partial charge in [-0.05, 0) is 60.7 Å². The Kier molecular flexibility index (Phi) is 5.77. The van der Waals surface area contributed by atoms with Gasteiger partial charge in [-0.15, -0.1) is 0 Å². The van der Waals surface area contributed by atoms with Crippen LogP contribution in [0.1, 0.15) is 5.56 Å². The lowest BCUT2D eigenvalue weighted by molar-refractivity contribution is 0.954. The molecule has 6 nitrogen and oxygen atoms in total. The van der Waals surface area contributed by atoms with E-state index in [-0.39, 0.29) is 0 Å². The molecule has 0 amide bonds. The molecule has 0 saturated carbocycles. The molecule has 0 aliphatic rings. The lowest BCUT2D eigenvalue weighted by Crippen LogP contribution is -2.06. The Morgan fingerprint density at radius 2 is 0.935 bits per heavy atom. The van der Waals surface area contributed by atoms with Gasteiger partial charge in [-0.2, -0.15) is 15.2 Å². The van der Waals surface area contributed by atoms with Gasteiger partial charge in [-0.25, -0.2) is 4.98 Å². The van der Waals surface area contributed by atoms with Crippen molar-refractivity contribution in [1.29, 1.82) is 5.26 Å². The summed E-state index contributed by atoms with van der Waals surface area (Å²) in [6.45, 7) is 0. The van der Waals surface area contributed by atoms with Gasteiger partial charge in [-0.3, -0.25) is 4.57 Å². The molecule has 0 bridgehead atoms. The summed E-state index contributed by atoms with van der Waals surface area (Å²) < 4.78 is 4.50. The first-order valence-corrected chi connectivity index (χ1v) is 15.1. The van der Waals surface area contributed by atoms with Crippen LogP contribution in [0.3, 0.4) is 0 Å². The van der Waals surface area contributed by atoms with Gasteiger partial charge in [-0.1, -0.05) is 84.9 Å². The topological polar surface area (TPSA) is 72.3 Å². The maximum Gasteiger partial charge on any atom is 0.238 e. The van der Waals surface area contributed by atoms with Crippen molar-refractivity contribution in [2.24, 2.45) is 0 Å². The minimum absolute atomic E-state index is 0.533. The Morgan fingerprint density at radius 3 is 1.54 bits per heavy atom. The summed E-state index contributed by atoms with van der Waals surface area (Å²) in [5, 5.41) is 13.9. The van der Waals surface area contributed by atoms with Crippen LogP contribution in [0, 0.1) is 11.3 Å². The van der Waals surface area contributed by atoms with Crippen molar-refractivity contribution in [1.82, 2.24) is 24.1 Å².